The molecule has 1 amide bonds. The van der Waals surface area contributed by atoms with E-state index in [0.717, 1.165) is 6.42 Å². The number of aryl methyl sites for hydroxylation is 4. The van der Waals surface area contributed by atoms with Crippen LogP contribution >= 0.6 is 0 Å². The van der Waals surface area contributed by atoms with Crippen LogP contribution in [0.4, 0.5) is 0 Å². The van der Waals surface area contributed by atoms with Gasteiger partial charge in [0, 0.05) is 18.9 Å². The highest BCUT2D eigenvalue weighted by Gasteiger charge is 2.27. The van der Waals surface area contributed by atoms with E-state index in [0.29, 0.717) is 24.7 Å². The predicted molar refractivity (Wildman–Crippen MR) is 93.6 cm³/mol. The number of aromatic nitrogens is 2. The lowest BCUT2D eigenvalue weighted by atomic mass is 10.0. The van der Waals surface area contributed by atoms with E-state index in [2.05, 4.69) is 42.2 Å². The van der Waals surface area contributed by atoms with Crippen LogP contribution in [0.3, 0.4) is 0 Å². The Kier molecular flexibility index (Phi) is 5.42. The van der Waals surface area contributed by atoms with Crippen molar-refractivity contribution in [1.82, 2.24) is 15.1 Å². The van der Waals surface area contributed by atoms with Gasteiger partial charge in [0.05, 0.1) is 6.54 Å². The maximum Gasteiger partial charge on any atom is 0.235 e. The van der Waals surface area contributed by atoms with Crippen LogP contribution in [0.25, 0.3) is 0 Å². The third-order valence-electron chi connectivity index (χ3n) is 3.88. The Bertz CT molecular complexity index is 693. The van der Waals surface area contributed by atoms with Crippen molar-refractivity contribution in [2.75, 3.05) is 0 Å². The molecule has 2 rings (SSSR count). The van der Waals surface area contributed by atoms with Crippen molar-refractivity contribution in [3.05, 3.63) is 46.7 Å². The molecule has 130 valence electrons. The van der Waals surface area contributed by atoms with Crippen LogP contribution < -0.4 is 0 Å². The summed E-state index contributed by atoms with van der Waals surface area (Å²) in [7, 11) is 0. The van der Waals surface area contributed by atoms with Gasteiger partial charge < -0.3 is 9.32 Å². The van der Waals surface area contributed by atoms with Crippen molar-refractivity contribution in [1.29, 1.82) is 0 Å². The van der Waals surface area contributed by atoms with E-state index < -0.39 is 0 Å². The minimum Gasteiger partial charge on any atom is -0.424 e. The van der Waals surface area contributed by atoms with Crippen molar-refractivity contribution in [2.24, 2.45) is 0 Å². The smallest absolute Gasteiger partial charge is 0.235 e. The highest BCUT2D eigenvalue weighted by Crippen LogP contribution is 2.20. The average Bonchev–Trinajstić information content (AvgIpc) is 2.85. The molecule has 0 aliphatic carbocycles. The molecule has 1 heterocycles. The van der Waals surface area contributed by atoms with E-state index in [-0.39, 0.29) is 11.4 Å². The van der Waals surface area contributed by atoms with E-state index in [1.165, 1.54) is 16.7 Å². The molecular weight excluding hydrogens is 302 g/mol. The van der Waals surface area contributed by atoms with E-state index >= 15 is 0 Å². The molecule has 1 aromatic carbocycles. The van der Waals surface area contributed by atoms with Gasteiger partial charge in [-0.05, 0) is 46.6 Å². The van der Waals surface area contributed by atoms with Crippen LogP contribution in [-0.4, -0.2) is 26.5 Å². The third kappa shape index (κ3) is 4.91. The molecule has 5 heteroatoms. The van der Waals surface area contributed by atoms with Crippen LogP contribution in [0.5, 0.6) is 0 Å². The second-order valence-corrected chi connectivity index (χ2v) is 7.36. The van der Waals surface area contributed by atoms with E-state index in [4.69, 9.17) is 4.42 Å². The van der Waals surface area contributed by atoms with E-state index in [9.17, 15) is 4.79 Å². The molecular formula is C19H27N3O2. The van der Waals surface area contributed by atoms with Gasteiger partial charge in [-0.3, -0.25) is 4.79 Å². The molecule has 0 unspecified atom stereocenters. The first-order valence-electron chi connectivity index (χ1n) is 8.32. The number of benzene rings is 1. The van der Waals surface area contributed by atoms with Gasteiger partial charge in [-0.25, -0.2) is 0 Å². The Morgan fingerprint density at radius 3 is 2.21 bits per heavy atom. The van der Waals surface area contributed by atoms with Gasteiger partial charge in [-0.15, -0.1) is 10.2 Å². The van der Waals surface area contributed by atoms with Gasteiger partial charge >= 0.3 is 0 Å². The monoisotopic (exact) mass is 329 g/mol. The predicted octanol–water partition coefficient (Wildman–Crippen LogP) is 3.75. The summed E-state index contributed by atoms with van der Waals surface area (Å²) < 4.78 is 5.44. The molecule has 0 aliphatic heterocycles. The van der Waals surface area contributed by atoms with Crippen LogP contribution in [0.15, 0.2) is 22.6 Å². The lowest BCUT2D eigenvalue weighted by Gasteiger charge is -2.34. The Balaban J connectivity index is 2.07. The molecule has 24 heavy (non-hydrogen) atoms. The first-order chi connectivity index (χ1) is 11.1. The Hall–Kier alpha value is -2.17. The maximum absolute atomic E-state index is 12.8. The number of rotatable bonds is 5. The summed E-state index contributed by atoms with van der Waals surface area (Å²) in [5, 5.41) is 7.85. The van der Waals surface area contributed by atoms with E-state index in [1.54, 1.807) is 6.92 Å². The van der Waals surface area contributed by atoms with Crippen LogP contribution in [0.2, 0.25) is 0 Å². The molecule has 0 fully saturated rings. The molecule has 0 N–H and O–H groups in total. The fraction of sp³-hybridized carbons (Fsp3) is 0.526. The van der Waals surface area contributed by atoms with Gasteiger partial charge in [0.2, 0.25) is 17.7 Å². The standard InChI is InChI=1S/C19H27N3O2/c1-13-9-14(2)11-16(10-13)7-8-18(23)22(19(4,5)6)12-17-21-20-15(3)24-17/h9-11H,7-8,12H2,1-6H3. The highest BCUT2D eigenvalue weighted by atomic mass is 16.4. The summed E-state index contributed by atoms with van der Waals surface area (Å²) in [6, 6.07) is 6.43. The Labute approximate surface area is 144 Å². The van der Waals surface area contributed by atoms with Gasteiger partial charge in [0.15, 0.2) is 0 Å². The van der Waals surface area contributed by atoms with E-state index in [1.807, 2.05) is 25.7 Å². The Morgan fingerprint density at radius 2 is 1.71 bits per heavy atom. The van der Waals surface area contributed by atoms with Crippen molar-refractivity contribution >= 4 is 5.91 Å². The number of amides is 1. The zero-order chi connectivity index (χ0) is 17.9. The lowest BCUT2D eigenvalue weighted by molar-refractivity contribution is -0.137. The number of hydrogen-bond acceptors (Lipinski definition) is 4. The quantitative estimate of drug-likeness (QED) is 0.838. The van der Waals surface area contributed by atoms with Gasteiger partial charge in [-0.2, -0.15) is 0 Å². The van der Waals surface area contributed by atoms with Gasteiger partial charge in [-0.1, -0.05) is 29.3 Å². The average molecular weight is 329 g/mol. The zero-order valence-electron chi connectivity index (χ0n) is 15.5. The summed E-state index contributed by atoms with van der Waals surface area (Å²) >= 11 is 0. The van der Waals surface area contributed by atoms with Crippen molar-refractivity contribution in [3.63, 3.8) is 0 Å². The molecule has 0 spiro atoms. The molecule has 0 atom stereocenters. The maximum atomic E-state index is 12.8. The number of carbonyl (C=O) groups is 1. The van der Waals surface area contributed by atoms with Crippen LogP contribution in [-0.2, 0) is 17.8 Å². The Morgan fingerprint density at radius 1 is 1.08 bits per heavy atom. The molecule has 2 aromatic rings. The summed E-state index contributed by atoms with van der Waals surface area (Å²) in [6.45, 7) is 12.3. The molecule has 0 saturated heterocycles. The topological polar surface area (TPSA) is 59.2 Å². The fourth-order valence-corrected chi connectivity index (χ4v) is 2.84. The number of nitrogens with zero attached hydrogens (tertiary/aromatic N) is 3. The lowest BCUT2D eigenvalue weighted by Crippen LogP contribution is -2.45. The molecule has 0 saturated carbocycles. The third-order valence-corrected chi connectivity index (χ3v) is 3.88. The minimum atomic E-state index is -0.304. The number of carbonyl (C=O) groups excluding carboxylic acids is 1. The van der Waals surface area contributed by atoms with Crippen LogP contribution in [0.1, 0.15) is 55.7 Å². The molecule has 0 bridgehead atoms. The summed E-state index contributed by atoms with van der Waals surface area (Å²) in [4.78, 5) is 14.6. The SMILES string of the molecule is Cc1cc(C)cc(CCC(=O)N(Cc2nnc(C)o2)C(C)(C)C)c1. The van der Waals surface area contributed by atoms with Crippen molar-refractivity contribution in [2.45, 2.75) is 66.5 Å². The first kappa shape index (κ1) is 18.2. The number of hydrogen-bond donors (Lipinski definition) is 0. The highest BCUT2D eigenvalue weighted by molar-refractivity contribution is 5.77. The first-order valence-corrected chi connectivity index (χ1v) is 8.32. The molecule has 1 aromatic heterocycles. The largest absolute Gasteiger partial charge is 0.424 e. The van der Waals surface area contributed by atoms with Crippen molar-refractivity contribution in [3.8, 4) is 0 Å². The summed E-state index contributed by atoms with van der Waals surface area (Å²) in [5.74, 6) is 1.08. The molecule has 5 nitrogen and oxygen atoms in total. The van der Waals surface area contributed by atoms with Crippen LogP contribution in [0, 0.1) is 20.8 Å². The normalized spacial score (nSPS) is 11.6. The summed E-state index contributed by atoms with van der Waals surface area (Å²) in [5.41, 5.74) is 3.35. The second-order valence-electron chi connectivity index (χ2n) is 7.36. The summed E-state index contributed by atoms with van der Waals surface area (Å²) in [6.07, 6.45) is 1.20. The molecule has 0 aliphatic rings. The van der Waals surface area contributed by atoms with Gasteiger partial charge in [0.1, 0.15) is 0 Å². The van der Waals surface area contributed by atoms with Crippen molar-refractivity contribution < 1.29 is 9.21 Å². The van der Waals surface area contributed by atoms with Gasteiger partial charge in [0.25, 0.3) is 0 Å². The minimum absolute atomic E-state index is 0.0949. The second kappa shape index (κ2) is 7.16. The zero-order valence-corrected chi connectivity index (χ0v) is 15.5. The molecule has 0 radical (unpaired) electrons. The fourth-order valence-electron chi connectivity index (χ4n) is 2.84.